The molecule has 5 rings (SSSR count). The summed E-state index contributed by atoms with van der Waals surface area (Å²) in [5.41, 5.74) is -4.51. The number of alkyl halides is 3. The molecule has 37 heavy (non-hydrogen) atoms. The minimum Gasteiger partial charge on any atom is -0.391 e. The first-order valence-corrected chi connectivity index (χ1v) is 11.2. The first-order chi connectivity index (χ1) is 17.4. The van der Waals surface area contributed by atoms with Crippen LogP contribution in [0.5, 0.6) is 0 Å². The number of aliphatic hydroxyl groups excluding tert-OH is 1. The smallest absolute Gasteiger partial charge is 0.391 e. The number of aromatic nitrogens is 3. The van der Waals surface area contributed by atoms with Crippen molar-refractivity contribution in [3.8, 4) is 5.82 Å². The number of rotatable bonds is 4. The van der Waals surface area contributed by atoms with Gasteiger partial charge in [-0.05, 0) is 31.4 Å². The lowest BCUT2D eigenvalue weighted by atomic mass is 9.76. The molecule has 1 aliphatic carbocycles. The molecule has 0 bridgehead atoms. The Morgan fingerprint density at radius 2 is 1.92 bits per heavy atom. The molecular weight excluding hydrogens is 505 g/mol. The van der Waals surface area contributed by atoms with Gasteiger partial charge in [0.25, 0.3) is 5.91 Å². The SMILES string of the molecule is O=C(NC1(C(F)(F)F)CCC1)c1cn(-c2ncc(F)cc2F)c2nc(N3CC(O)CC3=O)ccc2c1=O. The summed E-state index contributed by atoms with van der Waals surface area (Å²) in [5, 5.41) is 11.4. The van der Waals surface area contributed by atoms with E-state index in [9.17, 15) is 41.4 Å². The zero-order chi connectivity index (χ0) is 26.7. The van der Waals surface area contributed by atoms with Crippen LogP contribution in [0.25, 0.3) is 16.9 Å². The summed E-state index contributed by atoms with van der Waals surface area (Å²) in [6.07, 6.45) is -4.93. The number of amides is 2. The lowest BCUT2D eigenvalue weighted by Crippen LogP contribution is -2.63. The van der Waals surface area contributed by atoms with E-state index in [1.807, 2.05) is 5.32 Å². The van der Waals surface area contributed by atoms with E-state index in [1.54, 1.807) is 0 Å². The molecule has 1 atom stereocenters. The first-order valence-electron chi connectivity index (χ1n) is 11.2. The second-order valence-corrected chi connectivity index (χ2v) is 8.99. The third-order valence-corrected chi connectivity index (χ3v) is 6.58. The Morgan fingerprint density at radius 1 is 1.19 bits per heavy atom. The number of aliphatic hydroxyl groups is 1. The van der Waals surface area contributed by atoms with Crippen LogP contribution in [0.1, 0.15) is 36.0 Å². The van der Waals surface area contributed by atoms with E-state index in [1.165, 1.54) is 12.1 Å². The molecule has 194 valence electrons. The van der Waals surface area contributed by atoms with Gasteiger partial charge in [-0.3, -0.25) is 23.9 Å². The van der Waals surface area contributed by atoms with Gasteiger partial charge in [0.15, 0.2) is 17.3 Å². The Hall–Kier alpha value is -3.94. The molecule has 2 fully saturated rings. The second kappa shape index (κ2) is 8.57. The molecule has 2 aliphatic rings. The van der Waals surface area contributed by atoms with Crippen LogP contribution in [0.4, 0.5) is 27.8 Å². The third-order valence-electron chi connectivity index (χ3n) is 6.58. The molecule has 2 amide bonds. The summed E-state index contributed by atoms with van der Waals surface area (Å²) in [4.78, 5) is 47.4. The van der Waals surface area contributed by atoms with E-state index in [-0.39, 0.29) is 49.1 Å². The van der Waals surface area contributed by atoms with Crippen molar-refractivity contribution in [2.75, 3.05) is 11.4 Å². The van der Waals surface area contributed by atoms with E-state index in [0.717, 1.165) is 15.7 Å². The van der Waals surface area contributed by atoms with E-state index in [0.29, 0.717) is 12.3 Å². The van der Waals surface area contributed by atoms with Crippen LogP contribution in [0.3, 0.4) is 0 Å². The first kappa shape index (κ1) is 24.7. The number of hydrogen-bond donors (Lipinski definition) is 2. The molecule has 0 aromatic carbocycles. The van der Waals surface area contributed by atoms with Crippen LogP contribution in [-0.2, 0) is 4.79 Å². The van der Waals surface area contributed by atoms with Crippen molar-refractivity contribution in [1.82, 2.24) is 19.9 Å². The van der Waals surface area contributed by atoms with Crippen LogP contribution in [0.2, 0.25) is 0 Å². The fourth-order valence-electron chi connectivity index (χ4n) is 4.46. The highest BCUT2D eigenvalue weighted by atomic mass is 19.4. The summed E-state index contributed by atoms with van der Waals surface area (Å²) in [6, 6.07) is 2.92. The molecule has 1 saturated carbocycles. The number of nitrogens with one attached hydrogen (secondary N) is 1. The maximum absolute atomic E-state index is 14.7. The number of nitrogens with zero attached hydrogens (tertiary/aromatic N) is 4. The van der Waals surface area contributed by atoms with Gasteiger partial charge >= 0.3 is 6.18 Å². The fourth-order valence-corrected chi connectivity index (χ4v) is 4.46. The maximum atomic E-state index is 14.7. The molecule has 14 heteroatoms. The number of hydrogen-bond acceptors (Lipinski definition) is 6. The minimum absolute atomic E-state index is 0.00702. The number of carbonyl (C=O) groups is 2. The van der Waals surface area contributed by atoms with Gasteiger partial charge in [0, 0.05) is 12.3 Å². The zero-order valence-electron chi connectivity index (χ0n) is 18.9. The Labute approximate surface area is 204 Å². The van der Waals surface area contributed by atoms with Gasteiger partial charge in [-0.1, -0.05) is 0 Å². The van der Waals surface area contributed by atoms with Gasteiger partial charge in [-0.25, -0.2) is 18.7 Å². The van der Waals surface area contributed by atoms with Crippen LogP contribution in [0, 0.1) is 11.6 Å². The third kappa shape index (κ3) is 4.10. The molecule has 1 saturated heterocycles. The predicted octanol–water partition coefficient (Wildman–Crippen LogP) is 2.37. The van der Waals surface area contributed by atoms with Crippen LogP contribution in [-0.4, -0.2) is 55.8 Å². The number of fused-ring (bicyclic) bond motifs is 1. The van der Waals surface area contributed by atoms with Crippen molar-refractivity contribution >= 4 is 28.7 Å². The zero-order valence-corrected chi connectivity index (χ0v) is 18.9. The number of β-amino-alcohol motifs (C(OH)–C–C–N with tert-alkyl or cyclic N) is 1. The monoisotopic (exact) mass is 523 g/mol. The highest BCUT2D eigenvalue weighted by molar-refractivity contribution is 5.99. The maximum Gasteiger partial charge on any atom is 0.411 e. The topological polar surface area (TPSA) is 117 Å². The van der Waals surface area contributed by atoms with Crippen LogP contribution >= 0.6 is 0 Å². The van der Waals surface area contributed by atoms with Crippen molar-refractivity contribution in [2.45, 2.75) is 43.5 Å². The van der Waals surface area contributed by atoms with Crippen molar-refractivity contribution in [3.05, 3.63) is 58.0 Å². The van der Waals surface area contributed by atoms with Crippen molar-refractivity contribution in [1.29, 1.82) is 0 Å². The molecule has 3 aromatic heterocycles. The van der Waals surface area contributed by atoms with Gasteiger partial charge in [0.2, 0.25) is 11.3 Å². The van der Waals surface area contributed by atoms with Gasteiger partial charge < -0.3 is 10.4 Å². The van der Waals surface area contributed by atoms with Gasteiger partial charge in [0.1, 0.15) is 22.7 Å². The standard InChI is InChI=1S/C23H18F5N5O4/c24-11-6-15(25)20(29-8-11)33-10-14(21(37)31-22(4-1-5-22)23(26,27)28)18(36)13-2-3-16(30-19(13)33)32-9-12(34)7-17(32)35/h2-3,6,8,10,12,34H,1,4-5,7,9H2,(H,31,37). The highest BCUT2D eigenvalue weighted by Gasteiger charge is 2.59. The lowest BCUT2D eigenvalue weighted by molar-refractivity contribution is -0.215. The molecule has 9 nitrogen and oxygen atoms in total. The number of halogens is 5. The molecular formula is C23H18F5N5O4. The van der Waals surface area contributed by atoms with Gasteiger partial charge in [-0.2, -0.15) is 13.2 Å². The summed E-state index contributed by atoms with van der Waals surface area (Å²) >= 11 is 0. The molecule has 3 aromatic rings. The van der Waals surface area contributed by atoms with Crippen molar-refractivity contribution in [3.63, 3.8) is 0 Å². The Kier molecular flexibility index (Phi) is 5.73. The average molecular weight is 523 g/mol. The van der Waals surface area contributed by atoms with Gasteiger partial charge in [0.05, 0.1) is 30.7 Å². The van der Waals surface area contributed by atoms with Crippen LogP contribution < -0.4 is 15.6 Å². The van der Waals surface area contributed by atoms with Gasteiger partial charge in [-0.15, -0.1) is 0 Å². The molecule has 0 radical (unpaired) electrons. The molecule has 0 spiro atoms. The normalized spacial score (nSPS) is 19.2. The molecule has 4 heterocycles. The number of anilines is 1. The van der Waals surface area contributed by atoms with E-state index in [4.69, 9.17) is 0 Å². The Morgan fingerprint density at radius 3 is 2.49 bits per heavy atom. The Bertz CT molecular complexity index is 1500. The van der Waals surface area contributed by atoms with Crippen LogP contribution in [0.15, 0.2) is 35.4 Å². The Balaban J connectivity index is 1.69. The summed E-state index contributed by atoms with van der Waals surface area (Å²) in [5.74, 6) is -4.62. The molecule has 1 unspecified atom stereocenters. The second-order valence-electron chi connectivity index (χ2n) is 8.99. The lowest BCUT2D eigenvalue weighted by Gasteiger charge is -2.43. The van der Waals surface area contributed by atoms with Crippen molar-refractivity contribution < 1.29 is 36.6 Å². The number of pyridine rings is 3. The molecule has 1 aliphatic heterocycles. The quantitative estimate of drug-likeness (QED) is 0.508. The minimum atomic E-state index is -4.76. The fraction of sp³-hybridized carbons (Fsp3) is 0.348. The molecule has 2 N–H and O–H groups in total. The van der Waals surface area contributed by atoms with E-state index >= 15 is 0 Å². The largest absolute Gasteiger partial charge is 0.411 e. The average Bonchev–Trinajstić information content (AvgIpc) is 3.13. The predicted molar refractivity (Wildman–Crippen MR) is 118 cm³/mol. The number of carbonyl (C=O) groups excluding carboxylic acids is 2. The van der Waals surface area contributed by atoms with E-state index in [2.05, 4.69) is 9.97 Å². The van der Waals surface area contributed by atoms with E-state index < -0.39 is 58.1 Å². The summed E-state index contributed by atoms with van der Waals surface area (Å²) < 4.78 is 69.9. The van der Waals surface area contributed by atoms with Crippen molar-refractivity contribution in [2.24, 2.45) is 0 Å². The summed E-state index contributed by atoms with van der Waals surface area (Å²) in [7, 11) is 0. The highest BCUT2D eigenvalue weighted by Crippen LogP contribution is 2.45. The summed E-state index contributed by atoms with van der Waals surface area (Å²) in [6.45, 7) is -0.0925.